The summed E-state index contributed by atoms with van der Waals surface area (Å²) in [6.07, 6.45) is 1.53. The second-order valence-corrected chi connectivity index (χ2v) is 2.43. The van der Waals surface area contributed by atoms with E-state index in [-0.39, 0.29) is 0 Å². The predicted molar refractivity (Wildman–Crippen MR) is 33.3 cm³/mol. The van der Waals surface area contributed by atoms with Gasteiger partial charge in [-0.2, -0.15) is 17.9 Å². The van der Waals surface area contributed by atoms with Gasteiger partial charge in [0.2, 0.25) is 0 Å². The third-order valence-corrected chi connectivity index (χ3v) is 0.932. The minimum atomic E-state index is 0.375. The first-order valence-corrected chi connectivity index (χ1v) is 2.84. The topological polar surface area (TPSA) is 23.8 Å². The summed E-state index contributed by atoms with van der Waals surface area (Å²) in [4.78, 5) is 0. The highest BCUT2D eigenvalue weighted by molar-refractivity contribution is 7.80. The molecule has 0 aromatic heterocycles. The molecule has 0 aliphatic heterocycles. The summed E-state index contributed by atoms with van der Waals surface area (Å²) in [6.45, 7) is 1.99. The molecule has 0 aromatic rings. The fraction of sp³-hybridized carbons (Fsp3) is 0.800. The van der Waals surface area contributed by atoms with Gasteiger partial charge in [0.25, 0.3) is 0 Å². The van der Waals surface area contributed by atoms with Gasteiger partial charge in [-0.25, -0.2) is 0 Å². The van der Waals surface area contributed by atoms with Crippen molar-refractivity contribution in [2.24, 2.45) is 0 Å². The highest BCUT2D eigenvalue weighted by Gasteiger charge is 1.89. The zero-order chi connectivity index (χ0) is 5.70. The highest BCUT2D eigenvalue weighted by Crippen LogP contribution is 2.00. The van der Waals surface area contributed by atoms with Crippen LogP contribution in [-0.4, -0.2) is 5.25 Å². The Morgan fingerprint density at radius 1 is 1.86 bits per heavy atom. The van der Waals surface area contributed by atoms with E-state index < -0.39 is 0 Å². The second kappa shape index (κ2) is 4.01. The predicted octanol–water partition coefficient (Wildman–Crippen LogP) is 1.61. The Hall–Kier alpha value is -0.160. The SMILES string of the molecule is CC(S)CCC#N. The normalized spacial score (nSPS) is 12.7. The minimum Gasteiger partial charge on any atom is -0.198 e. The number of nitrogens with zero attached hydrogens (tertiary/aromatic N) is 1. The number of rotatable bonds is 2. The first kappa shape index (κ1) is 6.84. The Balaban J connectivity index is 2.86. The van der Waals surface area contributed by atoms with Crippen molar-refractivity contribution in [1.82, 2.24) is 0 Å². The Bertz CT molecular complexity index is 72.6. The zero-order valence-corrected chi connectivity index (χ0v) is 5.28. The molecule has 0 fully saturated rings. The van der Waals surface area contributed by atoms with Crippen molar-refractivity contribution < 1.29 is 0 Å². The lowest BCUT2D eigenvalue weighted by molar-refractivity contribution is 0.845. The van der Waals surface area contributed by atoms with E-state index in [9.17, 15) is 0 Å². The molecular weight excluding hydrogens is 106 g/mol. The number of hydrogen-bond donors (Lipinski definition) is 1. The third kappa shape index (κ3) is 5.84. The molecule has 1 atom stereocenters. The quantitative estimate of drug-likeness (QED) is 0.543. The van der Waals surface area contributed by atoms with E-state index in [2.05, 4.69) is 18.7 Å². The van der Waals surface area contributed by atoms with Crippen molar-refractivity contribution in [3.8, 4) is 6.07 Å². The van der Waals surface area contributed by atoms with Crippen LogP contribution in [0, 0.1) is 11.3 Å². The van der Waals surface area contributed by atoms with Crippen molar-refractivity contribution in [3.63, 3.8) is 0 Å². The summed E-state index contributed by atoms with van der Waals surface area (Å²) in [5.74, 6) is 0. The van der Waals surface area contributed by atoms with Gasteiger partial charge in [-0.3, -0.25) is 0 Å². The standard InChI is InChI=1S/C5H9NS/c1-5(7)3-2-4-6/h5,7H,2-3H2,1H3. The van der Waals surface area contributed by atoms with Gasteiger partial charge < -0.3 is 0 Å². The fourth-order valence-electron chi connectivity index (χ4n) is 0.273. The maximum Gasteiger partial charge on any atom is 0.0622 e. The van der Waals surface area contributed by atoms with Crippen LogP contribution in [0.4, 0.5) is 0 Å². The van der Waals surface area contributed by atoms with Crippen LogP contribution in [0.2, 0.25) is 0 Å². The molecule has 0 rings (SSSR count). The molecule has 0 aliphatic rings. The minimum absolute atomic E-state index is 0.375. The van der Waals surface area contributed by atoms with Gasteiger partial charge in [0, 0.05) is 6.42 Å². The van der Waals surface area contributed by atoms with E-state index in [1.165, 1.54) is 0 Å². The summed E-state index contributed by atoms with van der Waals surface area (Å²) < 4.78 is 0. The van der Waals surface area contributed by atoms with Gasteiger partial charge in [0.1, 0.15) is 0 Å². The van der Waals surface area contributed by atoms with Gasteiger partial charge in [0.15, 0.2) is 0 Å². The second-order valence-electron chi connectivity index (χ2n) is 1.55. The molecule has 0 amide bonds. The van der Waals surface area contributed by atoms with Gasteiger partial charge in [-0.15, -0.1) is 0 Å². The Morgan fingerprint density at radius 3 is 2.57 bits per heavy atom. The zero-order valence-electron chi connectivity index (χ0n) is 4.39. The molecule has 2 heteroatoms. The summed E-state index contributed by atoms with van der Waals surface area (Å²) in [7, 11) is 0. The van der Waals surface area contributed by atoms with Crippen LogP contribution in [0.15, 0.2) is 0 Å². The molecule has 1 unspecified atom stereocenters. The molecule has 0 aliphatic carbocycles. The van der Waals surface area contributed by atoms with E-state index >= 15 is 0 Å². The van der Waals surface area contributed by atoms with Crippen LogP contribution in [0.25, 0.3) is 0 Å². The van der Waals surface area contributed by atoms with E-state index in [1.54, 1.807) is 0 Å². The van der Waals surface area contributed by atoms with Crippen molar-refractivity contribution in [2.45, 2.75) is 25.0 Å². The molecule has 0 saturated heterocycles. The van der Waals surface area contributed by atoms with Crippen molar-refractivity contribution in [3.05, 3.63) is 0 Å². The smallest absolute Gasteiger partial charge is 0.0622 e. The first-order valence-electron chi connectivity index (χ1n) is 2.32. The Labute approximate surface area is 49.7 Å². The summed E-state index contributed by atoms with van der Waals surface area (Å²) in [5.41, 5.74) is 0. The highest BCUT2D eigenvalue weighted by atomic mass is 32.1. The van der Waals surface area contributed by atoms with Crippen LogP contribution < -0.4 is 0 Å². The van der Waals surface area contributed by atoms with E-state index in [4.69, 9.17) is 5.26 Å². The fourth-order valence-corrected chi connectivity index (χ4v) is 0.403. The average Bonchev–Trinajstić information content (AvgIpc) is 1.61. The monoisotopic (exact) mass is 115 g/mol. The van der Waals surface area contributed by atoms with Crippen molar-refractivity contribution >= 4 is 12.6 Å². The van der Waals surface area contributed by atoms with Crippen LogP contribution in [0.5, 0.6) is 0 Å². The van der Waals surface area contributed by atoms with E-state index in [0.717, 1.165) is 6.42 Å². The van der Waals surface area contributed by atoms with Crippen LogP contribution in [-0.2, 0) is 0 Å². The molecule has 7 heavy (non-hydrogen) atoms. The van der Waals surface area contributed by atoms with E-state index in [1.807, 2.05) is 6.92 Å². The molecular formula is C5H9NS. The van der Waals surface area contributed by atoms with Crippen molar-refractivity contribution in [2.75, 3.05) is 0 Å². The van der Waals surface area contributed by atoms with Gasteiger partial charge in [-0.1, -0.05) is 6.92 Å². The summed E-state index contributed by atoms with van der Waals surface area (Å²) >= 11 is 4.08. The first-order chi connectivity index (χ1) is 3.27. The van der Waals surface area contributed by atoms with Gasteiger partial charge in [0.05, 0.1) is 6.07 Å². The van der Waals surface area contributed by atoms with Crippen LogP contribution in [0.1, 0.15) is 19.8 Å². The number of thiol groups is 1. The third-order valence-electron chi connectivity index (χ3n) is 0.674. The molecule has 0 aromatic carbocycles. The lowest BCUT2D eigenvalue weighted by Gasteiger charge is -1.93. The largest absolute Gasteiger partial charge is 0.198 e. The summed E-state index contributed by atoms with van der Waals surface area (Å²) in [6, 6.07) is 2.05. The van der Waals surface area contributed by atoms with Gasteiger partial charge in [-0.05, 0) is 11.7 Å². The average molecular weight is 115 g/mol. The molecule has 0 heterocycles. The maximum absolute atomic E-state index is 8.03. The Kier molecular flexibility index (Phi) is 3.92. The molecule has 0 saturated carbocycles. The van der Waals surface area contributed by atoms with Crippen LogP contribution in [0.3, 0.4) is 0 Å². The molecule has 0 spiro atoms. The van der Waals surface area contributed by atoms with E-state index in [0.29, 0.717) is 11.7 Å². The molecule has 40 valence electrons. The molecule has 0 radical (unpaired) electrons. The number of nitriles is 1. The maximum atomic E-state index is 8.03. The molecule has 1 nitrogen and oxygen atoms in total. The lowest BCUT2D eigenvalue weighted by atomic mass is 10.3. The lowest BCUT2D eigenvalue weighted by Crippen LogP contribution is -1.87. The summed E-state index contributed by atoms with van der Waals surface area (Å²) in [5, 5.41) is 8.41. The van der Waals surface area contributed by atoms with Gasteiger partial charge >= 0.3 is 0 Å². The van der Waals surface area contributed by atoms with Crippen molar-refractivity contribution in [1.29, 1.82) is 5.26 Å². The number of hydrogen-bond acceptors (Lipinski definition) is 2. The molecule has 0 bridgehead atoms. The molecule has 0 N–H and O–H groups in total. The Morgan fingerprint density at radius 2 is 2.43 bits per heavy atom. The van der Waals surface area contributed by atoms with Crippen LogP contribution >= 0.6 is 12.6 Å².